The fourth-order valence-corrected chi connectivity index (χ4v) is 2.33. The first-order chi connectivity index (χ1) is 13.5. The van der Waals surface area contributed by atoms with E-state index in [4.69, 9.17) is 10.5 Å². The maximum atomic E-state index is 12.4. The quantitative estimate of drug-likeness (QED) is 0.430. The molecule has 0 radical (unpaired) electrons. The van der Waals surface area contributed by atoms with E-state index in [9.17, 15) is 4.79 Å². The second kappa shape index (κ2) is 8.26. The van der Waals surface area contributed by atoms with Gasteiger partial charge in [0.2, 0.25) is 11.6 Å². The van der Waals surface area contributed by atoms with Gasteiger partial charge in [-0.3, -0.25) is 4.79 Å². The summed E-state index contributed by atoms with van der Waals surface area (Å²) in [6, 6.07) is 7.67. The molecule has 0 fully saturated rings. The number of carbonyl (C=O) groups is 1. The second-order valence-electron chi connectivity index (χ2n) is 5.89. The van der Waals surface area contributed by atoms with Crippen LogP contribution < -0.4 is 16.1 Å². The number of hydrazone groups is 1. The highest BCUT2D eigenvalue weighted by Gasteiger charge is 2.23. The number of nitrogens with zero attached hydrogens (tertiary/aromatic N) is 7. The Hall–Kier alpha value is -3.80. The summed E-state index contributed by atoms with van der Waals surface area (Å²) in [7, 11) is 5.38. The van der Waals surface area contributed by atoms with Crippen LogP contribution >= 0.6 is 0 Å². The van der Waals surface area contributed by atoms with Crippen LogP contribution in [0.5, 0.6) is 0 Å². The Morgan fingerprint density at radius 3 is 2.71 bits per heavy atom. The van der Waals surface area contributed by atoms with Gasteiger partial charge in [-0.05, 0) is 28.0 Å². The van der Waals surface area contributed by atoms with Gasteiger partial charge in [0.25, 0.3) is 5.91 Å². The number of aromatic nitrogens is 5. The van der Waals surface area contributed by atoms with E-state index in [0.717, 1.165) is 11.3 Å². The predicted molar refractivity (Wildman–Crippen MR) is 100 cm³/mol. The molecule has 28 heavy (non-hydrogen) atoms. The first-order valence-corrected chi connectivity index (χ1v) is 8.14. The minimum atomic E-state index is -0.561. The lowest BCUT2D eigenvalue weighted by Gasteiger charge is -2.11. The van der Waals surface area contributed by atoms with E-state index in [1.807, 2.05) is 43.3 Å². The van der Waals surface area contributed by atoms with Crippen molar-refractivity contribution in [2.75, 3.05) is 31.8 Å². The van der Waals surface area contributed by atoms with Crippen molar-refractivity contribution in [3.63, 3.8) is 0 Å². The molecule has 0 aliphatic rings. The number of benzene rings is 1. The van der Waals surface area contributed by atoms with Crippen molar-refractivity contribution >= 4 is 23.6 Å². The molecule has 12 heteroatoms. The summed E-state index contributed by atoms with van der Waals surface area (Å²) in [4.78, 5) is 14.4. The molecular weight excluding hydrogens is 366 g/mol. The fraction of sp³-hybridized carbons (Fsp3) is 0.250. The van der Waals surface area contributed by atoms with Gasteiger partial charge >= 0.3 is 0 Å². The van der Waals surface area contributed by atoms with Crippen LogP contribution in [0.25, 0.3) is 5.82 Å². The Bertz CT molecular complexity index is 976. The number of nitrogens with two attached hydrogens (primary N) is 1. The highest BCUT2D eigenvalue weighted by atomic mass is 16.6. The van der Waals surface area contributed by atoms with E-state index in [1.54, 1.807) is 0 Å². The van der Waals surface area contributed by atoms with Gasteiger partial charge in [0, 0.05) is 26.9 Å². The monoisotopic (exact) mass is 385 g/mol. The normalized spacial score (nSPS) is 11.1. The molecule has 12 nitrogen and oxygen atoms in total. The summed E-state index contributed by atoms with van der Waals surface area (Å²) < 4.78 is 10.9. The minimum absolute atomic E-state index is 0.00778. The Morgan fingerprint density at radius 1 is 1.36 bits per heavy atom. The number of rotatable bonds is 7. The van der Waals surface area contributed by atoms with Crippen LogP contribution in [-0.4, -0.2) is 58.6 Å². The van der Waals surface area contributed by atoms with Crippen molar-refractivity contribution in [1.29, 1.82) is 0 Å². The van der Waals surface area contributed by atoms with Crippen molar-refractivity contribution in [3.05, 3.63) is 41.2 Å². The van der Waals surface area contributed by atoms with Gasteiger partial charge in [-0.25, -0.2) is 10.1 Å². The van der Waals surface area contributed by atoms with Crippen LogP contribution in [0.4, 0.5) is 11.5 Å². The maximum absolute atomic E-state index is 12.4. The molecule has 0 saturated carbocycles. The number of nitrogen functional groups attached to an aromatic ring is 1. The summed E-state index contributed by atoms with van der Waals surface area (Å²) in [6.07, 6.45) is 1.53. The van der Waals surface area contributed by atoms with Gasteiger partial charge in [-0.15, -0.1) is 5.10 Å². The Kier molecular flexibility index (Phi) is 5.60. The van der Waals surface area contributed by atoms with E-state index >= 15 is 0 Å². The van der Waals surface area contributed by atoms with Crippen LogP contribution in [0.2, 0.25) is 0 Å². The van der Waals surface area contributed by atoms with Crippen molar-refractivity contribution in [2.24, 2.45) is 5.10 Å². The van der Waals surface area contributed by atoms with Crippen LogP contribution in [-0.2, 0) is 11.3 Å². The van der Waals surface area contributed by atoms with E-state index in [0.29, 0.717) is 5.69 Å². The number of ether oxygens (including phenoxy) is 1. The highest BCUT2D eigenvalue weighted by molar-refractivity contribution is 5.94. The molecule has 3 aromatic rings. The van der Waals surface area contributed by atoms with Crippen molar-refractivity contribution in [1.82, 2.24) is 30.7 Å². The fourth-order valence-electron chi connectivity index (χ4n) is 2.33. The van der Waals surface area contributed by atoms with Gasteiger partial charge < -0.3 is 15.4 Å². The molecular formula is C16H19N9O3. The number of amides is 1. The van der Waals surface area contributed by atoms with Gasteiger partial charge in [-0.1, -0.05) is 17.3 Å². The number of hydrogen-bond donors (Lipinski definition) is 2. The van der Waals surface area contributed by atoms with Crippen molar-refractivity contribution in [2.45, 2.75) is 6.61 Å². The van der Waals surface area contributed by atoms with Crippen LogP contribution in [0, 0.1) is 0 Å². The SMILES string of the molecule is COCc1c(C(=O)N/N=C/c2ccc(N(C)C)cc2)nnn1-c1nonc1N. The molecule has 0 saturated heterocycles. The summed E-state index contributed by atoms with van der Waals surface area (Å²) in [6.45, 7) is 0.0394. The largest absolute Gasteiger partial charge is 0.378 e. The van der Waals surface area contributed by atoms with Crippen LogP contribution in [0.3, 0.4) is 0 Å². The van der Waals surface area contributed by atoms with Crippen molar-refractivity contribution < 1.29 is 14.2 Å². The number of methoxy groups -OCH3 is 1. The maximum Gasteiger partial charge on any atom is 0.293 e. The molecule has 0 atom stereocenters. The summed E-state index contributed by atoms with van der Waals surface area (Å²) in [5, 5.41) is 18.8. The first-order valence-electron chi connectivity index (χ1n) is 8.14. The molecule has 2 aromatic heterocycles. The number of carbonyl (C=O) groups excluding carboxylic acids is 1. The first kappa shape index (κ1) is 19.0. The Labute approximate surface area is 159 Å². The molecule has 1 amide bonds. The lowest BCUT2D eigenvalue weighted by atomic mass is 10.2. The Balaban J connectivity index is 1.75. The lowest BCUT2D eigenvalue weighted by Crippen LogP contribution is -2.20. The standard InChI is InChI=1S/C16H19N9O3/c1-24(2)11-6-4-10(5-7-11)8-18-20-16(26)13-12(9-27-3)25(23-19-13)15-14(17)21-28-22-15/h4-8H,9H2,1-3H3,(H2,17,21)(H,20,26)/b18-8+. The number of anilines is 2. The third kappa shape index (κ3) is 3.96. The second-order valence-corrected chi connectivity index (χ2v) is 5.89. The molecule has 3 N–H and O–H groups in total. The predicted octanol–water partition coefficient (Wildman–Crippen LogP) is 0.209. The molecule has 3 rings (SSSR count). The Morgan fingerprint density at radius 2 is 2.11 bits per heavy atom. The zero-order valence-corrected chi connectivity index (χ0v) is 15.5. The lowest BCUT2D eigenvalue weighted by molar-refractivity contribution is 0.0944. The van der Waals surface area contributed by atoms with Gasteiger partial charge in [0.15, 0.2) is 5.69 Å². The van der Waals surface area contributed by atoms with Gasteiger partial charge in [-0.2, -0.15) is 9.78 Å². The number of hydrogen-bond acceptors (Lipinski definition) is 10. The highest BCUT2D eigenvalue weighted by Crippen LogP contribution is 2.16. The summed E-state index contributed by atoms with van der Waals surface area (Å²) in [5.74, 6) is -0.439. The van der Waals surface area contributed by atoms with E-state index in [2.05, 4.69) is 35.8 Å². The molecule has 146 valence electrons. The average molecular weight is 385 g/mol. The third-order valence-corrected chi connectivity index (χ3v) is 3.74. The van der Waals surface area contributed by atoms with E-state index in [1.165, 1.54) is 18.0 Å². The molecule has 1 aromatic carbocycles. The molecule has 2 heterocycles. The zero-order chi connectivity index (χ0) is 20.1. The zero-order valence-electron chi connectivity index (χ0n) is 15.5. The number of nitrogens with one attached hydrogen (secondary N) is 1. The molecule has 0 aliphatic heterocycles. The van der Waals surface area contributed by atoms with Crippen molar-refractivity contribution in [3.8, 4) is 5.82 Å². The van der Waals surface area contributed by atoms with E-state index < -0.39 is 5.91 Å². The smallest absolute Gasteiger partial charge is 0.293 e. The summed E-state index contributed by atoms with van der Waals surface area (Å²) in [5.41, 5.74) is 10.3. The van der Waals surface area contributed by atoms with Crippen LogP contribution in [0.15, 0.2) is 34.0 Å². The van der Waals surface area contributed by atoms with Gasteiger partial charge in [0.05, 0.1) is 12.8 Å². The average Bonchev–Trinajstić information content (AvgIpc) is 3.28. The van der Waals surface area contributed by atoms with E-state index in [-0.39, 0.29) is 23.9 Å². The molecule has 0 spiro atoms. The molecule has 0 aliphatic carbocycles. The minimum Gasteiger partial charge on any atom is -0.378 e. The van der Waals surface area contributed by atoms with Crippen LogP contribution in [0.1, 0.15) is 21.7 Å². The van der Waals surface area contributed by atoms with Gasteiger partial charge in [0.1, 0.15) is 5.69 Å². The molecule has 0 unspecified atom stereocenters. The summed E-state index contributed by atoms with van der Waals surface area (Å²) >= 11 is 0. The third-order valence-electron chi connectivity index (χ3n) is 3.74. The molecule has 0 bridgehead atoms. The topological polar surface area (TPSA) is 150 Å².